The summed E-state index contributed by atoms with van der Waals surface area (Å²) < 4.78 is 0. The van der Waals surface area contributed by atoms with Gasteiger partial charge >= 0.3 is 0 Å². The molecular weight excluding hydrogens is 222 g/mol. The number of nitrogens with zero attached hydrogens (tertiary/aromatic N) is 2. The van der Waals surface area contributed by atoms with Gasteiger partial charge in [0.15, 0.2) is 0 Å². The lowest BCUT2D eigenvalue weighted by Gasteiger charge is -2.31. The minimum atomic E-state index is 0.179. The molecule has 1 unspecified atom stereocenters. The molecule has 1 heterocycles. The third kappa shape index (κ3) is 5.61. The molecule has 18 heavy (non-hydrogen) atoms. The first-order valence-corrected chi connectivity index (χ1v) is 6.81. The molecular formula is C15H27N3. The number of likely N-dealkylation sites (N-methyl/N-ethyl adjacent to an activating group) is 1. The first-order valence-electron chi connectivity index (χ1n) is 6.81. The molecule has 0 aromatic carbocycles. The second-order valence-corrected chi connectivity index (χ2v) is 5.86. The van der Waals surface area contributed by atoms with Crippen LogP contribution in [0.15, 0.2) is 24.4 Å². The fourth-order valence-electron chi connectivity index (χ4n) is 1.86. The summed E-state index contributed by atoms with van der Waals surface area (Å²) in [6.07, 6.45) is 1.86. The lowest BCUT2D eigenvalue weighted by atomic mass is 10.1. The highest BCUT2D eigenvalue weighted by molar-refractivity contribution is 5.03. The summed E-state index contributed by atoms with van der Waals surface area (Å²) in [7, 11) is 0. The topological polar surface area (TPSA) is 28.2 Å². The van der Waals surface area contributed by atoms with Crippen LogP contribution in [0.2, 0.25) is 0 Å². The summed E-state index contributed by atoms with van der Waals surface area (Å²) in [6, 6.07) is 6.61. The van der Waals surface area contributed by atoms with Gasteiger partial charge in [-0.25, -0.2) is 0 Å². The second kappa shape index (κ2) is 6.86. The number of hydrogen-bond acceptors (Lipinski definition) is 3. The van der Waals surface area contributed by atoms with Gasteiger partial charge in [0.2, 0.25) is 0 Å². The van der Waals surface area contributed by atoms with Crippen LogP contribution >= 0.6 is 0 Å². The second-order valence-electron chi connectivity index (χ2n) is 5.86. The van der Waals surface area contributed by atoms with Crippen molar-refractivity contribution in [3.05, 3.63) is 30.1 Å². The summed E-state index contributed by atoms with van der Waals surface area (Å²) in [5, 5.41) is 3.56. The average molecular weight is 249 g/mol. The lowest BCUT2D eigenvalue weighted by molar-refractivity contribution is 0.194. The van der Waals surface area contributed by atoms with Gasteiger partial charge in [-0.3, -0.25) is 9.88 Å². The van der Waals surface area contributed by atoms with E-state index in [1.165, 1.54) is 0 Å². The van der Waals surface area contributed by atoms with Crippen LogP contribution in [0.5, 0.6) is 0 Å². The Labute approximate surface area is 112 Å². The van der Waals surface area contributed by atoms with E-state index in [0.717, 1.165) is 25.3 Å². The van der Waals surface area contributed by atoms with E-state index >= 15 is 0 Å². The first-order chi connectivity index (χ1) is 8.42. The zero-order chi connectivity index (χ0) is 13.6. The van der Waals surface area contributed by atoms with E-state index in [1.54, 1.807) is 0 Å². The molecule has 102 valence electrons. The smallest absolute Gasteiger partial charge is 0.0544 e. The van der Waals surface area contributed by atoms with Crippen LogP contribution in [0.25, 0.3) is 0 Å². The van der Waals surface area contributed by atoms with Gasteiger partial charge in [0, 0.05) is 30.9 Å². The third-order valence-electron chi connectivity index (χ3n) is 3.05. The van der Waals surface area contributed by atoms with Crippen molar-refractivity contribution in [2.45, 2.75) is 52.7 Å². The molecule has 1 aromatic heterocycles. The van der Waals surface area contributed by atoms with Gasteiger partial charge < -0.3 is 5.32 Å². The molecule has 1 atom stereocenters. The van der Waals surface area contributed by atoms with Crippen LogP contribution in [0.4, 0.5) is 0 Å². The van der Waals surface area contributed by atoms with Crippen LogP contribution in [-0.4, -0.2) is 34.6 Å². The molecule has 1 rings (SSSR count). The van der Waals surface area contributed by atoms with E-state index in [9.17, 15) is 0 Å². The number of hydrogen-bond donors (Lipinski definition) is 1. The van der Waals surface area contributed by atoms with Crippen molar-refractivity contribution in [1.82, 2.24) is 15.2 Å². The van der Waals surface area contributed by atoms with Gasteiger partial charge in [-0.2, -0.15) is 0 Å². The maximum Gasteiger partial charge on any atom is 0.0544 e. The monoisotopic (exact) mass is 249 g/mol. The minimum absolute atomic E-state index is 0.179. The van der Waals surface area contributed by atoms with Crippen LogP contribution < -0.4 is 5.32 Å². The van der Waals surface area contributed by atoms with Gasteiger partial charge in [0.1, 0.15) is 0 Å². The minimum Gasteiger partial charge on any atom is -0.311 e. The summed E-state index contributed by atoms with van der Waals surface area (Å²) in [5.41, 5.74) is 1.32. The van der Waals surface area contributed by atoms with Gasteiger partial charge in [0.05, 0.1) is 5.69 Å². The standard InChI is InChI=1S/C15H27N3/c1-6-18(12-14-9-7-8-10-16-14)13(2)11-17-15(3,4)5/h7-10,13,17H,6,11-12H2,1-5H3. The van der Waals surface area contributed by atoms with Gasteiger partial charge in [-0.05, 0) is 46.4 Å². The molecule has 3 heteroatoms. The Bertz CT molecular complexity index is 329. The molecule has 0 bridgehead atoms. The summed E-state index contributed by atoms with van der Waals surface area (Å²) in [4.78, 5) is 6.84. The van der Waals surface area contributed by atoms with Crippen molar-refractivity contribution in [3.63, 3.8) is 0 Å². The fourth-order valence-corrected chi connectivity index (χ4v) is 1.86. The summed E-state index contributed by atoms with van der Waals surface area (Å²) in [5.74, 6) is 0. The van der Waals surface area contributed by atoms with Crippen molar-refractivity contribution in [2.24, 2.45) is 0 Å². The largest absolute Gasteiger partial charge is 0.311 e. The Balaban J connectivity index is 2.50. The molecule has 0 saturated heterocycles. The van der Waals surface area contributed by atoms with Crippen LogP contribution in [-0.2, 0) is 6.54 Å². The molecule has 0 aliphatic rings. The number of pyridine rings is 1. The SMILES string of the molecule is CCN(Cc1ccccn1)C(C)CNC(C)(C)C. The molecule has 3 nitrogen and oxygen atoms in total. The van der Waals surface area contributed by atoms with E-state index in [1.807, 2.05) is 18.3 Å². The zero-order valence-corrected chi connectivity index (χ0v) is 12.4. The molecule has 1 aromatic rings. The molecule has 0 aliphatic heterocycles. The van der Waals surface area contributed by atoms with Crippen molar-refractivity contribution < 1.29 is 0 Å². The summed E-state index contributed by atoms with van der Waals surface area (Å²) >= 11 is 0. The molecule has 0 radical (unpaired) electrons. The lowest BCUT2D eigenvalue weighted by Crippen LogP contribution is -2.46. The van der Waals surface area contributed by atoms with Crippen LogP contribution in [0.3, 0.4) is 0 Å². The van der Waals surface area contributed by atoms with Crippen molar-refractivity contribution in [3.8, 4) is 0 Å². The first kappa shape index (κ1) is 15.1. The van der Waals surface area contributed by atoms with Gasteiger partial charge in [0.25, 0.3) is 0 Å². The van der Waals surface area contributed by atoms with Crippen molar-refractivity contribution in [2.75, 3.05) is 13.1 Å². The van der Waals surface area contributed by atoms with E-state index in [0.29, 0.717) is 6.04 Å². The maximum absolute atomic E-state index is 4.40. The van der Waals surface area contributed by atoms with Crippen molar-refractivity contribution >= 4 is 0 Å². The predicted molar refractivity (Wildman–Crippen MR) is 77.5 cm³/mol. The third-order valence-corrected chi connectivity index (χ3v) is 3.05. The van der Waals surface area contributed by atoms with Crippen LogP contribution in [0, 0.1) is 0 Å². The molecule has 0 amide bonds. The predicted octanol–water partition coefficient (Wildman–Crippen LogP) is 2.68. The van der Waals surface area contributed by atoms with Gasteiger partial charge in [-0.15, -0.1) is 0 Å². The number of rotatable bonds is 6. The molecule has 0 aliphatic carbocycles. The van der Waals surface area contributed by atoms with Crippen molar-refractivity contribution in [1.29, 1.82) is 0 Å². The quantitative estimate of drug-likeness (QED) is 0.840. The fraction of sp³-hybridized carbons (Fsp3) is 0.667. The highest BCUT2D eigenvalue weighted by atomic mass is 15.2. The van der Waals surface area contributed by atoms with E-state index in [-0.39, 0.29) is 5.54 Å². The highest BCUT2D eigenvalue weighted by Gasteiger charge is 2.16. The molecule has 0 fully saturated rings. The van der Waals surface area contributed by atoms with Crippen LogP contribution in [0.1, 0.15) is 40.3 Å². The molecule has 0 spiro atoms. The van der Waals surface area contributed by atoms with E-state index in [2.05, 4.69) is 55.9 Å². The molecule has 1 N–H and O–H groups in total. The number of nitrogens with one attached hydrogen (secondary N) is 1. The normalized spacial score (nSPS) is 13.9. The average Bonchev–Trinajstić information content (AvgIpc) is 2.33. The van der Waals surface area contributed by atoms with Gasteiger partial charge in [-0.1, -0.05) is 13.0 Å². The number of aromatic nitrogens is 1. The Morgan fingerprint density at radius 2 is 2.06 bits per heavy atom. The van der Waals surface area contributed by atoms with E-state index < -0.39 is 0 Å². The highest BCUT2D eigenvalue weighted by Crippen LogP contribution is 2.07. The molecule has 0 saturated carbocycles. The Morgan fingerprint density at radius 1 is 1.33 bits per heavy atom. The van der Waals surface area contributed by atoms with E-state index in [4.69, 9.17) is 0 Å². The summed E-state index contributed by atoms with van der Waals surface area (Å²) in [6.45, 7) is 14.1. The Morgan fingerprint density at radius 3 is 2.56 bits per heavy atom. The zero-order valence-electron chi connectivity index (χ0n) is 12.4. The Hall–Kier alpha value is -0.930. The Kier molecular flexibility index (Phi) is 5.76. The maximum atomic E-state index is 4.40.